The molecule has 0 radical (unpaired) electrons. The summed E-state index contributed by atoms with van der Waals surface area (Å²) in [6, 6.07) is 10.1. The third-order valence-corrected chi connectivity index (χ3v) is 3.35. The zero-order valence-corrected chi connectivity index (χ0v) is 12.0. The number of ketones is 1. The second kappa shape index (κ2) is 7.70. The Hall–Kier alpha value is -1.66. The highest BCUT2D eigenvalue weighted by Gasteiger charge is 2.14. The third-order valence-electron chi connectivity index (χ3n) is 3.35. The molecule has 0 saturated heterocycles. The Labute approximate surface area is 115 Å². The summed E-state index contributed by atoms with van der Waals surface area (Å²) >= 11 is 0. The Kier molecular flexibility index (Phi) is 6.24. The van der Waals surface area contributed by atoms with Gasteiger partial charge in [-0.1, -0.05) is 37.6 Å². The van der Waals surface area contributed by atoms with E-state index >= 15 is 0 Å². The first kappa shape index (κ1) is 15.4. The minimum absolute atomic E-state index is 0.105. The summed E-state index contributed by atoms with van der Waals surface area (Å²) in [6.07, 6.45) is 2.61. The molecule has 0 spiro atoms. The van der Waals surface area contributed by atoms with Crippen LogP contribution in [-0.2, 0) is 6.42 Å². The molecule has 102 valence electrons. The van der Waals surface area contributed by atoms with Crippen molar-refractivity contribution < 1.29 is 4.79 Å². The fourth-order valence-corrected chi connectivity index (χ4v) is 1.91. The normalized spacial score (nSPS) is 12.2. The first-order chi connectivity index (χ1) is 9.08. The summed E-state index contributed by atoms with van der Waals surface area (Å²) in [5, 5.41) is 8.66. The van der Waals surface area contributed by atoms with Gasteiger partial charge >= 0.3 is 0 Å². The van der Waals surface area contributed by atoms with E-state index in [9.17, 15) is 4.79 Å². The molecule has 0 saturated carbocycles. The van der Waals surface area contributed by atoms with E-state index < -0.39 is 0 Å². The first-order valence-electron chi connectivity index (χ1n) is 6.77. The van der Waals surface area contributed by atoms with Crippen molar-refractivity contribution in [2.45, 2.75) is 39.2 Å². The van der Waals surface area contributed by atoms with Crippen LogP contribution < -0.4 is 0 Å². The fraction of sp³-hybridized carbons (Fsp3) is 0.500. The number of rotatable bonds is 7. The molecule has 3 heteroatoms. The van der Waals surface area contributed by atoms with Crippen LogP contribution in [0.5, 0.6) is 0 Å². The van der Waals surface area contributed by atoms with E-state index in [2.05, 4.69) is 13.0 Å². The van der Waals surface area contributed by atoms with Gasteiger partial charge in [0.05, 0.1) is 19.0 Å². The van der Waals surface area contributed by atoms with Crippen molar-refractivity contribution in [3.63, 3.8) is 0 Å². The van der Waals surface area contributed by atoms with Gasteiger partial charge in [0.2, 0.25) is 0 Å². The molecule has 1 unspecified atom stereocenters. The van der Waals surface area contributed by atoms with Gasteiger partial charge in [-0.15, -0.1) is 0 Å². The number of nitriles is 1. The highest BCUT2D eigenvalue weighted by molar-refractivity contribution is 5.97. The minimum atomic E-state index is 0.105. The number of hydrogen-bond acceptors (Lipinski definition) is 3. The largest absolute Gasteiger partial charge is 0.295 e. The molecule has 0 aromatic heterocycles. The number of nitrogens with zero attached hydrogens (tertiary/aromatic N) is 2. The molecule has 0 fully saturated rings. The monoisotopic (exact) mass is 258 g/mol. The maximum absolute atomic E-state index is 12.1. The number of benzene rings is 1. The van der Waals surface area contributed by atoms with E-state index in [4.69, 9.17) is 5.26 Å². The molecule has 1 aromatic rings. The second-order valence-corrected chi connectivity index (χ2v) is 5.00. The van der Waals surface area contributed by atoms with E-state index in [1.54, 1.807) is 0 Å². The van der Waals surface area contributed by atoms with Crippen LogP contribution in [0.3, 0.4) is 0 Å². The van der Waals surface area contributed by atoms with E-state index in [-0.39, 0.29) is 11.8 Å². The second-order valence-electron chi connectivity index (χ2n) is 5.00. The molecule has 0 heterocycles. The van der Waals surface area contributed by atoms with Crippen LogP contribution in [0.25, 0.3) is 0 Å². The zero-order chi connectivity index (χ0) is 14.3. The molecule has 0 amide bonds. The molecule has 1 atom stereocenters. The third kappa shape index (κ3) is 4.84. The van der Waals surface area contributed by atoms with Crippen molar-refractivity contribution in [1.29, 1.82) is 5.26 Å². The highest BCUT2D eigenvalue weighted by atomic mass is 16.1. The molecule has 3 nitrogen and oxygen atoms in total. The van der Waals surface area contributed by atoms with E-state index in [1.165, 1.54) is 5.56 Å². The molecule has 0 aliphatic rings. The first-order valence-corrected chi connectivity index (χ1v) is 6.77. The predicted octanol–water partition coefficient (Wildman–Crippen LogP) is 3.06. The number of carbonyl (C=O) groups is 1. The number of carbonyl (C=O) groups excluding carboxylic acids is 1. The van der Waals surface area contributed by atoms with Crippen molar-refractivity contribution in [2.24, 2.45) is 0 Å². The number of aryl methyl sites for hydroxylation is 1. The average Bonchev–Trinajstić information content (AvgIpc) is 2.40. The van der Waals surface area contributed by atoms with Gasteiger partial charge in [-0.05, 0) is 26.0 Å². The van der Waals surface area contributed by atoms with Gasteiger partial charge in [0.25, 0.3) is 0 Å². The van der Waals surface area contributed by atoms with Gasteiger partial charge in [0, 0.05) is 11.6 Å². The Morgan fingerprint density at radius 2 is 2.00 bits per heavy atom. The Morgan fingerprint density at radius 3 is 2.53 bits per heavy atom. The molecular formula is C16H22N2O. The van der Waals surface area contributed by atoms with Crippen LogP contribution in [0.4, 0.5) is 0 Å². The maximum Gasteiger partial charge on any atom is 0.176 e. The summed E-state index contributed by atoms with van der Waals surface area (Å²) in [6.45, 7) is 4.46. The van der Waals surface area contributed by atoms with Gasteiger partial charge < -0.3 is 0 Å². The van der Waals surface area contributed by atoms with Crippen molar-refractivity contribution in [1.82, 2.24) is 4.90 Å². The van der Waals surface area contributed by atoms with E-state index in [0.717, 1.165) is 18.4 Å². The van der Waals surface area contributed by atoms with E-state index in [0.29, 0.717) is 13.0 Å². The van der Waals surface area contributed by atoms with Crippen LogP contribution in [0.1, 0.15) is 42.6 Å². The van der Waals surface area contributed by atoms with Gasteiger partial charge in [-0.25, -0.2) is 0 Å². The van der Waals surface area contributed by atoms with Gasteiger partial charge in [0.1, 0.15) is 0 Å². The lowest BCUT2D eigenvalue weighted by Crippen LogP contribution is -2.33. The quantitative estimate of drug-likeness (QED) is 0.706. The molecular weight excluding hydrogens is 236 g/mol. The topological polar surface area (TPSA) is 44.1 Å². The van der Waals surface area contributed by atoms with Crippen molar-refractivity contribution >= 4 is 5.78 Å². The molecule has 0 aliphatic heterocycles. The lowest BCUT2D eigenvalue weighted by Gasteiger charge is -2.21. The van der Waals surface area contributed by atoms with Crippen LogP contribution >= 0.6 is 0 Å². The van der Waals surface area contributed by atoms with Crippen molar-refractivity contribution in [3.05, 3.63) is 35.4 Å². The van der Waals surface area contributed by atoms with Crippen molar-refractivity contribution in [3.8, 4) is 6.07 Å². The molecule has 1 aromatic carbocycles. The fourth-order valence-electron chi connectivity index (χ4n) is 1.91. The van der Waals surface area contributed by atoms with Gasteiger partial charge in [-0.2, -0.15) is 5.26 Å². The number of likely N-dealkylation sites (N-methyl/N-ethyl adjacent to an activating group) is 1. The molecule has 0 bridgehead atoms. The standard InChI is InChI=1S/C16H22N2O/c1-4-5-14-6-8-15(9-7-14)16(19)12-18(3)13(2)10-11-17/h6-9,13H,4-5,10,12H2,1-3H3. The van der Waals surface area contributed by atoms with Gasteiger partial charge in [0.15, 0.2) is 5.78 Å². The predicted molar refractivity (Wildman–Crippen MR) is 77.1 cm³/mol. The van der Waals surface area contributed by atoms with Crippen molar-refractivity contribution in [2.75, 3.05) is 13.6 Å². The molecule has 0 N–H and O–H groups in total. The Morgan fingerprint density at radius 1 is 1.37 bits per heavy atom. The lowest BCUT2D eigenvalue weighted by atomic mass is 10.0. The Bertz CT molecular complexity index is 445. The lowest BCUT2D eigenvalue weighted by molar-refractivity contribution is 0.0926. The molecule has 19 heavy (non-hydrogen) atoms. The summed E-state index contributed by atoms with van der Waals surface area (Å²) in [7, 11) is 1.88. The summed E-state index contributed by atoms with van der Waals surface area (Å²) in [5.74, 6) is 0.107. The molecule has 0 aliphatic carbocycles. The van der Waals surface area contributed by atoms with Crippen LogP contribution in [0, 0.1) is 11.3 Å². The zero-order valence-electron chi connectivity index (χ0n) is 12.0. The number of hydrogen-bond donors (Lipinski definition) is 0. The number of Topliss-reactive ketones (excluding diaryl/α,β-unsaturated/α-hetero) is 1. The van der Waals surface area contributed by atoms with Gasteiger partial charge in [-0.3, -0.25) is 9.69 Å². The van der Waals surface area contributed by atoms with Crippen LogP contribution in [-0.4, -0.2) is 30.3 Å². The summed E-state index contributed by atoms with van der Waals surface area (Å²) in [4.78, 5) is 14.0. The van der Waals surface area contributed by atoms with E-state index in [1.807, 2.05) is 43.1 Å². The molecule has 1 rings (SSSR count). The SMILES string of the molecule is CCCc1ccc(C(=O)CN(C)C(C)CC#N)cc1. The summed E-state index contributed by atoms with van der Waals surface area (Å²) < 4.78 is 0. The average molecular weight is 258 g/mol. The Balaban J connectivity index is 2.60. The highest BCUT2D eigenvalue weighted by Crippen LogP contribution is 2.09. The maximum atomic E-state index is 12.1. The van der Waals surface area contributed by atoms with Crippen LogP contribution in [0.15, 0.2) is 24.3 Å². The minimum Gasteiger partial charge on any atom is -0.295 e. The smallest absolute Gasteiger partial charge is 0.176 e. The summed E-state index contributed by atoms with van der Waals surface area (Å²) in [5.41, 5.74) is 2.01. The van der Waals surface area contributed by atoms with Crippen LogP contribution in [0.2, 0.25) is 0 Å².